The van der Waals surface area contributed by atoms with Gasteiger partial charge >= 0.3 is 6.03 Å². The first-order valence-electron chi connectivity index (χ1n) is 13.5. The van der Waals surface area contributed by atoms with E-state index in [0.29, 0.717) is 29.8 Å². The van der Waals surface area contributed by atoms with Crippen molar-refractivity contribution in [2.24, 2.45) is 0 Å². The minimum atomic E-state index is -0.403. The van der Waals surface area contributed by atoms with Crippen LogP contribution in [0, 0.1) is 0 Å². The Morgan fingerprint density at radius 1 is 1.12 bits per heavy atom. The Kier molecular flexibility index (Phi) is 7.56. The maximum atomic E-state index is 12.4. The number of rotatable bonds is 8. The lowest BCUT2D eigenvalue weighted by atomic mass is 9.93. The maximum absolute atomic E-state index is 12.4. The molecule has 41 heavy (non-hydrogen) atoms. The summed E-state index contributed by atoms with van der Waals surface area (Å²) in [4.78, 5) is 30.4. The highest BCUT2D eigenvalue weighted by molar-refractivity contribution is 7.23. The predicted molar refractivity (Wildman–Crippen MR) is 157 cm³/mol. The Hall–Kier alpha value is -4.07. The van der Waals surface area contributed by atoms with E-state index in [2.05, 4.69) is 30.7 Å². The van der Waals surface area contributed by atoms with Crippen LogP contribution in [0.1, 0.15) is 33.0 Å². The van der Waals surface area contributed by atoms with Crippen molar-refractivity contribution < 1.29 is 18.8 Å². The molecule has 0 bridgehead atoms. The van der Waals surface area contributed by atoms with Crippen molar-refractivity contribution in [1.29, 1.82) is 0 Å². The zero-order valence-corrected chi connectivity index (χ0v) is 24.0. The average Bonchev–Trinajstić information content (AvgIpc) is 3.67. The lowest BCUT2D eigenvalue weighted by Crippen LogP contribution is -2.37. The van der Waals surface area contributed by atoms with Crippen LogP contribution in [-0.4, -0.2) is 74.9 Å². The number of amides is 2. The second kappa shape index (κ2) is 11.4. The van der Waals surface area contributed by atoms with Crippen LogP contribution in [0.15, 0.2) is 47.2 Å². The zero-order chi connectivity index (χ0) is 28.4. The number of morpholine rings is 1. The molecule has 1 aromatic carbocycles. The summed E-state index contributed by atoms with van der Waals surface area (Å²) in [6.07, 6.45) is 4.53. The highest BCUT2D eigenvalue weighted by Gasteiger charge is 2.20. The highest BCUT2D eigenvalue weighted by Crippen LogP contribution is 2.29. The topological polar surface area (TPSA) is 132 Å². The SMILES string of the molecule is CC(C)(C)c1cc(NC(=O)Nc2ccc(-c3cn4c(n3)sc3nc(OCCCN5CCOCC5)cnc34)cc2)no1. The minimum Gasteiger partial charge on any atom is -0.476 e. The average molecular weight is 577 g/mol. The zero-order valence-electron chi connectivity index (χ0n) is 23.2. The van der Waals surface area contributed by atoms with E-state index in [1.54, 1.807) is 12.3 Å². The molecule has 4 aromatic heterocycles. The van der Waals surface area contributed by atoms with E-state index in [-0.39, 0.29) is 5.41 Å². The van der Waals surface area contributed by atoms with Gasteiger partial charge in [-0.05, 0) is 18.6 Å². The highest BCUT2D eigenvalue weighted by atomic mass is 32.1. The summed E-state index contributed by atoms with van der Waals surface area (Å²) in [5.41, 5.74) is 2.90. The second-order valence-electron chi connectivity index (χ2n) is 10.9. The minimum absolute atomic E-state index is 0.194. The number of carbonyl (C=O) groups is 1. The molecule has 5 heterocycles. The van der Waals surface area contributed by atoms with E-state index in [4.69, 9.17) is 19.0 Å². The quantitative estimate of drug-likeness (QED) is 0.244. The van der Waals surface area contributed by atoms with Gasteiger partial charge in [0, 0.05) is 48.6 Å². The molecule has 0 aliphatic carbocycles. The number of thiazole rings is 1. The van der Waals surface area contributed by atoms with E-state index in [1.165, 1.54) is 11.3 Å². The molecule has 2 amide bonds. The molecule has 0 atom stereocenters. The van der Waals surface area contributed by atoms with E-state index in [0.717, 1.165) is 66.0 Å². The number of benzene rings is 1. The number of urea groups is 1. The Morgan fingerprint density at radius 2 is 1.93 bits per heavy atom. The van der Waals surface area contributed by atoms with Crippen molar-refractivity contribution in [2.75, 3.05) is 50.1 Å². The lowest BCUT2D eigenvalue weighted by Gasteiger charge is -2.26. The van der Waals surface area contributed by atoms with E-state index in [1.807, 2.05) is 55.6 Å². The summed E-state index contributed by atoms with van der Waals surface area (Å²) in [6, 6.07) is 8.79. The number of nitrogens with zero attached hydrogens (tertiary/aromatic N) is 6. The fourth-order valence-electron chi connectivity index (χ4n) is 4.45. The number of fused-ring (bicyclic) bond motifs is 3. The van der Waals surface area contributed by atoms with Gasteiger partial charge in [0.25, 0.3) is 0 Å². The summed E-state index contributed by atoms with van der Waals surface area (Å²) in [6.45, 7) is 11.2. The van der Waals surface area contributed by atoms with Crippen LogP contribution in [0.2, 0.25) is 0 Å². The molecule has 1 fully saturated rings. The van der Waals surface area contributed by atoms with Gasteiger partial charge in [-0.1, -0.05) is 49.4 Å². The number of hydrogen-bond acceptors (Lipinski definition) is 10. The van der Waals surface area contributed by atoms with E-state index < -0.39 is 6.03 Å². The standard InChI is InChI=1S/C28H32N8O4S/c1-28(2,3)21-15-22(34-40-21)32-26(37)30-19-7-5-18(6-8-19)20-17-36-24-25(41-27(36)31-20)33-23(16-29-24)39-12-4-9-35-10-13-38-14-11-35/h5-8,15-17H,4,9-14H2,1-3H3,(H2,30,32,34,37). The molecule has 0 saturated carbocycles. The summed E-state index contributed by atoms with van der Waals surface area (Å²) in [5, 5.41) is 9.42. The van der Waals surface area contributed by atoms with Crippen LogP contribution in [0.3, 0.4) is 0 Å². The molecule has 1 saturated heterocycles. The number of hydrogen-bond donors (Lipinski definition) is 2. The van der Waals surface area contributed by atoms with Gasteiger partial charge < -0.3 is 19.3 Å². The maximum Gasteiger partial charge on any atom is 0.324 e. The Bertz CT molecular complexity index is 1650. The monoisotopic (exact) mass is 576 g/mol. The van der Waals surface area contributed by atoms with Crippen molar-refractivity contribution in [2.45, 2.75) is 32.6 Å². The van der Waals surface area contributed by atoms with Crippen LogP contribution in [-0.2, 0) is 10.2 Å². The third-order valence-corrected chi connectivity index (χ3v) is 7.63. The Balaban J connectivity index is 1.06. The second-order valence-corrected chi connectivity index (χ2v) is 11.8. The van der Waals surface area contributed by atoms with Crippen molar-refractivity contribution >= 4 is 44.3 Å². The van der Waals surface area contributed by atoms with Gasteiger partial charge in [-0.15, -0.1) is 0 Å². The fraction of sp³-hybridized carbons (Fsp3) is 0.393. The molecule has 5 aromatic rings. The summed E-state index contributed by atoms with van der Waals surface area (Å²) in [7, 11) is 0. The van der Waals surface area contributed by atoms with Crippen LogP contribution >= 0.6 is 11.3 Å². The number of nitrogens with one attached hydrogen (secondary N) is 2. The van der Waals surface area contributed by atoms with Gasteiger partial charge in [-0.3, -0.25) is 14.6 Å². The first-order valence-corrected chi connectivity index (χ1v) is 14.4. The predicted octanol–water partition coefficient (Wildman–Crippen LogP) is 5.04. The van der Waals surface area contributed by atoms with Crippen molar-refractivity contribution in [1.82, 2.24) is 29.4 Å². The van der Waals surface area contributed by atoms with Crippen LogP contribution in [0.5, 0.6) is 5.88 Å². The number of carbonyl (C=O) groups excluding carboxylic acids is 1. The van der Waals surface area contributed by atoms with Crippen molar-refractivity contribution in [3.63, 3.8) is 0 Å². The molecular weight excluding hydrogens is 544 g/mol. The van der Waals surface area contributed by atoms with Crippen LogP contribution < -0.4 is 15.4 Å². The molecule has 0 unspecified atom stereocenters. The number of ether oxygens (including phenoxy) is 2. The smallest absolute Gasteiger partial charge is 0.324 e. The molecular formula is C28H32N8O4S. The van der Waals surface area contributed by atoms with Gasteiger partial charge in [0.15, 0.2) is 21.3 Å². The number of imidazole rings is 1. The molecule has 0 radical (unpaired) electrons. The molecule has 0 spiro atoms. The summed E-state index contributed by atoms with van der Waals surface area (Å²) >= 11 is 1.47. The van der Waals surface area contributed by atoms with Gasteiger partial charge in [0.2, 0.25) is 5.88 Å². The van der Waals surface area contributed by atoms with Crippen LogP contribution in [0.4, 0.5) is 16.3 Å². The van der Waals surface area contributed by atoms with Crippen LogP contribution in [0.25, 0.3) is 26.7 Å². The number of aromatic nitrogens is 5. The molecule has 12 nitrogen and oxygen atoms in total. The molecule has 6 rings (SSSR count). The normalized spacial score (nSPS) is 14.5. The molecule has 2 N–H and O–H groups in total. The van der Waals surface area contributed by atoms with Crippen molar-refractivity contribution in [3.05, 3.63) is 48.5 Å². The lowest BCUT2D eigenvalue weighted by molar-refractivity contribution is 0.0357. The number of anilines is 2. The van der Waals surface area contributed by atoms with Gasteiger partial charge in [0.1, 0.15) is 5.76 Å². The largest absolute Gasteiger partial charge is 0.476 e. The van der Waals surface area contributed by atoms with Gasteiger partial charge in [-0.25, -0.2) is 14.8 Å². The molecule has 214 valence electrons. The van der Waals surface area contributed by atoms with Crippen molar-refractivity contribution in [3.8, 4) is 17.1 Å². The van der Waals surface area contributed by atoms with E-state index in [9.17, 15) is 4.79 Å². The third kappa shape index (κ3) is 6.32. The molecule has 13 heteroatoms. The Morgan fingerprint density at radius 3 is 2.68 bits per heavy atom. The molecule has 1 aliphatic rings. The third-order valence-electron chi connectivity index (χ3n) is 6.69. The first kappa shape index (κ1) is 27.1. The summed E-state index contributed by atoms with van der Waals surface area (Å²) in [5.74, 6) is 1.58. The van der Waals surface area contributed by atoms with Gasteiger partial charge in [0.05, 0.1) is 31.7 Å². The Labute approximate surface area is 240 Å². The van der Waals surface area contributed by atoms with Gasteiger partial charge in [-0.2, -0.15) is 4.98 Å². The fourth-order valence-corrected chi connectivity index (χ4v) is 5.38. The first-order chi connectivity index (χ1) is 19.8. The molecule has 1 aliphatic heterocycles. The summed E-state index contributed by atoms with van der Waals surface area (Å²) < 4.78 is 18.5. The van der Waals surface area contributed by atoms with E-state index >= 15 is 0 Å².